The average Bonchev–Trinajstić information content (AvgIpc) is 1.59. The summed E-state index contributed by atoms with van der Waals surface area (Å²) in [7, 11) is 0. The second-order valence-electron chi connectivity index (χ2n) is 26.4. The molecule has 28 nitrogen and oxygen atoms in total. The maximum absolute atomic E-state index is 13.4. The molecule has 0 saturated heterocycles. The minimum Gasteiger partial charge on any atom is -0.870 e. The van der Waals surface area contributed by atoms with Gasteiger partial charge in [0.1, 0.15) is 29.2 Å². The molecule has 3 aliphatic rings. The van der Waals surface area contributed by atoms with Crippen molar-refractivity contribution in [3.8, 4) is 0 Å². The quantitative estimate of drug-likeness (QED) is 0.0121. The van der Waals surface area contributed by atoms with E-state index in [-0.39, 0.29) is 145 Å². The summed E-state index contributed by atoms with van der Waals surface area (Å²) in [5.74, 6) is -2.60. The topological polar surface area (TPSA) is 339 Å². The van der Waals surface area contributed by atoms with E-state index in [2.05, 4.69) is 46.6 Å². The molecule has 0 saturated carbocycles. The molecular weight excluding hydrogens is 1660 g/mol. The maximum Gasteiger partial charge on any atom is 1.00 e. The van der Waals surface area contributed by atoms with Crippen LogP contribution in [-0.2, 0) is 108 Å². The van der Waals surface area contributed by atoms with Crippen molar-refractivity contribution in [1.82, 2.24) is 56.7 Å². The summed E-state index contributed by atoms with van der Waals surface area (Å²) in [6, 6.07) is 14.3. The van der Waals surface area contributed by atoms with Gasteiger partial charge in [-0.15, -0.1) is 0 Å². The fourth-order valence-electron chi connectivity index (χ4n) is 13.0. The van der Waals surface area contributed by atoms with Crippen molar-refractivity contribution < 1.29 is 103 Å². The van der Waals surface area contributed by atoms with E-state index < -0.39 is 87.0 Å². The Balaban J connectivity index is 0.000000258. The Morgan fingerprint density at radius 2 is 0.857 bits per heavy atom. The van der Waals surface area contributed by atoms with E-state index in [1.165, 1.54) is 75.2 Å². The van der Waals surface area contributed by atoms with E-state index in [0.29, 0.717) is 101 Å². The number of benzene rings is 3. The number of rotatable bonds is 26. The van der Waals surface area contributed by atoms with Crippen LogP contribution in [0.5, 0.6) is 0 Å². The summed E-state index contributed by atoms with van der Waals surface area (Å²) >= 11 is 15.1. The Hall–Kier alpha value is -10.2. The van der Waals surface area contributed by atoms with E-state index in [4.69, 9.17) is 27.9 Å². The number of Topliss-reactive ketones (excluding diaryl/α,β-unsaturated/α-hetero) is 1. The van der Waals surface area contributed by atoms with Gasteiger partial charge in [-0.2, -0.15) is 61.2 Å². The molecule has 0 fully saturated rings. The van der Waals surface area contributed by atoms with Crippen molar-refractivity contribution in [2.24, 2.45) is 15.0 Å². The molecule has 119 heavy (non-hydrogen) atoms. The van der Waals surface area contributed by atoms with Gasteiger partial charge in [0.05, 0.1) is 94.7 Å². The fourth-order valence-corrected chi connectivity index (χ4v) is 13.3. The summed E-state index contributed by atoms with van der Waals surface area (Å²) in [5.41, 5.74) is -1.56. The molecule has 41 heteroatoms. The monoisotopic (exact) mass is 1740 g/mol. The van der Waals surface area contributed by atoms with Crippen LogP contribution in [0.1, 0.15) is 179 Å². The van der Waals surface area contributed by atoms with Gasteiger partial charge in [-0.1, -0.05) is 101 Å². The van der Waals surface area contributed by atoms with Crippen molar-refractivity contribution in [3.63, 3.8) is 0 Å². The van der Waals surface area contributed by atoms with Crippen molar-refractivity contribution in [1.29, 1.82) is 0 Å². The average molecular weight is 1740 g/mol. The molecule has 0 spiro atoms. The van der Waals surface area contributed by atoms with Crippen LogP contribution in [0.3, 0.4) is 0 Å². The summed E-state index contributed by atoms with van der Waals surface area (Å²) in [4.78, 5) is 137. The second-order valence-corrected chi connectivity index (χ2v) is 27.1. The van der Waals surface area contributed by atoms with Crippen molar-refractivity contribution >= 4 is 92.9 Å². The molecule has 1 N–H and O–H groups in total. The zero-order valence-corrected chi connectivity index (χ0v) is 70.3. The predicted molar refractivity (Wildman–Crippen MR) is 421 cm³/mol. The summed E-state index contributed by atoms with van der Waals surface area (Å²) in [6.45, 7) is 16.5. The first-order chi connectivity index (χ1) is 55.6. The Morgan fingerprint density at radius 1 is 0.487 bits per heavy atom. The molecule has 2 unspecified atom stereocenters. The number of nitrogens with zero attached hydrogens (tertiary/aromatic N) is 15. The third kappa shape index (κ3) is 23.5. The van der Waals surface area contributed by atoms with Crippen LogP contribution in [0, 0.1) is 0 Å². The Morgan fingerprint density at radius 3 is 1.19 bits per heavy atom. The van der Waals surface area contributed by atoms with Crippen molar-refractivity contribution in [2.45, 2.75) is 196 Å². The first kappa shape index (κ1) is 97.6. The van der Waals surface area contributed by atoms with Gasteiger partial charge < -0.3 is 19.7 Å². The third-order valence-corrected chi connectivity index (χ3v) is 18.5. The molecule has 12 rings (SSSR count). The SMILES string of the molecule is CCCC(=O)C1C(c2cnn(Cc3cccc(C(F)(F)F)c3)c2)=Nc2c1c(=O)n(CCC)c(=O)n2CC.CCC[C-]=O.CCCn1c(=O)c2c(n(CC)c1=O)N=C(c1cnn(Cc3cccc(C(F)(F)F)c3)c1)C2.CCCn1c(=O)c2c(n(CC)c1=O)N=C(c1cnn(Cc3cccc(C(F)(F)F)c3)c1)C2C(=O)OCCl.O=C(Cl)OCCl.[Na+].[OH-]. The molecule has 0 radical (unpaired) electrons. The molecular formula is C78H83Cl3F9N15NaO13-. The van der Waals surface area contributed by atoms with Crippen molar-refractivity contribution in [2.75, 3.05) is 12.1 Å². The van der Waals surface area contributed by atoms with Gasteiger partial charge in [0.25, 0.3) is 16.7 Å². The molecule has 9 heterocycles. The number of alkyl halides is 11. The number of aliphatic imine (C=N–C) groups is 3. The van der Waals surface area contributed by atoms with Crippen LogP contribution in [0.25, 0.3) is 0 Å². The van der Waals surface area contributed by atoms with Gasteiger partial charge in [0.15, 0.2) is 12.1 Å². The number of carbonyl (C=O) groups is 3. The molecule has 0 amide bonds. The van der Waals surface area contributed by atoms with Crippen LogP contribution in [0.4, 0.5) is 61.8 Å². The smallest absolute Gasteiger partial charge is 0.870 e. The standard InChI is InChI=1S/C26H28F3N5O3.C24H23ClF3N5O4.C22H22F3N5O2.C4H7O.C2H2Cl2O2.Na.H2O/c1-4-8-19(35)20-21-23(33(6-3)25(37)34(11-5-2)24(21)36)31-22(20)17-13-30-32(15-17)14-16-9-7-10-18(12-16)26(27,28)29;1-3-8-33-21(34)18-17(22(35)37-13-25)19(30-20(18)32(4-2)23(33)36)15-10-29-31(12-15)11-14-6-5-7-16(9-14)24(26,27)28;1-3-8-30-20(31)17-10-18(27-19(17)29(4-2)21(30)32)15-11-26-28(13-15)12-14-6-5-7-16(9-14)22(23,24)25;1-2-3-4-5;3-1-6-2(4)5;;/h7,9-10,12-13,15,20H,4-6,8,11,14H2,1-3H3;5-7,9-10,12,17H,3-4,8,11,13H2,1-2H3;5-7,9,11,13H,3-4,8,10,12H2,1-2H3;2-3H2,1H3;1H2;;1H2/q;;;-1;;+1;/p-1. The van der Waals surface area contributed by atoms with E-state index >= 15 is 0 Å². The van der Waals surface area contributed by atoms with E-state index in [1.807, 2.05) is 41.5 Å². The van der Waals surface area contributed by atoms with Crippen LogP contribution in [0.2, 0.25) is 0 Å². The Bertz CT molecular complexity index is 5380. The minimum atomic E-state index is -4.48. The number of unbranched alkanes of at least 4 members (excludes halogenated alkanes) is 1. The number of ether oxygens (including phenoxy) is 2. The fraction of sp³-hybridized carbons (Fsp3) is 0.410. The number of esters is 1. The number of hydrogen-bond donors (Lipinski definition) is 0. The summed E-state index contributed by atoms with van der Waals surface area (Å²) < 4.78 is 138. The molecule has 634 valence electrons. The number of halogens is 12. The van der Waals surface area contributed by atoms with Crippen LogP contribution < -0.4 is 63.3 Å². The van der Waals surface area contributed by atoms with Gasteiger partial charge in [-0.3, -0.25) is 71.7 Å². The van der Waals surface area contributed by atoms with Gasteiger partial charge in [0, 0.05) is 99.0 Å². The number of carbonyl (C=O) groups excluding carboxylic acids is 4. The second kappa shape index (κ2) is 43.7. The summed E-state index contributed by atoms with van der Waals surface area (Å²) in [5, 5.41) is 12.7. The predicted octanol–water partition coefficient (Wildman–Crippen LogP) is 10.6. The van der Waals surface area contributed by atoms with Crippen LogP contribution >= 0.6 is 34.8 Å². The van der Waals surface area contributed by atoms with E-state index in [9.17, 15) is 87.5 Å². The Kier molecular flexibility index (Phi) is 35.8. The zero-order valence-electron chi connectivity index (χ0n) is 66.1. The number of aromatic nitrogens is 12. The molecule has 9 aromatic rings. The van der Waals surface area contributed by atoms with Gasteiger partial charge in [0.2, 0.25) is 0 Å². The molecule has 0 bridgehead atoms. The van der Waals surface area contributed by atoms with E-state index in [0.717, 1.165) is 52.0 Å². The normalized spacial score (nSPS) is 13.6. The minimum absolute atomic E-state index is 0. The van der Waals surface area contributed by atoms with Gasteiger partial charge >= 0.3 is 76.6 Å². The van der Waals surface area contributed by atoms with Crippen LogP contribution in [-0.4, -0.2) is 115 Å². The van der Waals surface area contributed by atoms with Crippen LogP contribution in [0.15, 0.2) is 154 Å². The van der Waals surface area contributed by atoms with E-state index in [1.54, 1.807) is 50.9 Å². The first-order valence-electron chi connectivity index (χ1n) is 37.0. The third-order valence-electron chi connectivity index (χ3n) is 18.2. The summed E-state index contributed by atoms with van der Waals surface area (Å²) in [6.07, 6.45) is 1.95. The van der Waals surface area contributed by atoms with Gasteiger partial charge in [-0.25, -0.2) is 34.2 Å². The molecule has 0 aliphatic carbocycles. The number of hydrogen-bond acceptors (Lipinski definition) is 19. The first-order valence-corrected chi connectivity index (χ1v) is 38.5. The largest absolute Gasteiger partial charge is 1.00 e. The van der Waals surface area contributed by atoms with Crippen molar-refractivity contribution in [3.05, 3.63) is 239 Å². The molecule has 2 atom stereocenters. The number of fused-ring (bicyclic) bond motifs is 3. The maximum atomic E-state index is 13.4. The molecule has 3 aromatic carbocycles. The van der Waals surface area contributed by atoms with Gasteiger partial charge in [-0.05, 0) is 99.5 Å². The molecule has 6 aromatic heterocycles. The zero-order chi connectivity index (χ0) is 86.0. The Labute approximate surface area is 710 Å². The number of ketones is 1. The molecule has 3 aliphatic heterocycles.